The minimum atomic E-state index is -0.806. The number of carbonyl (C=O) groups is 1. The predicted octanol–water partition coefficient (Wildman–Crippen LogP) is 1.37. The van der Waals surface area contributed by atoms with Gasteiger partial charge >= 0.3 is 0 Å². The van der Waals surface area contributed by atoms with Crippen molar-refractivity contribution in [3.63, 3.8) is 0 Å². The van der Waals surface area contributed by atoms with Crippen LogP contribution in [0.2, 0.25) is 0 Å². The van der Waals surface area contributed by atoms with Gasteiger partial charge in [-0.2, -0.15) is 0 Å². The Bertz CT molecular complexity index is 1120. The zero-order valence-corrected chi connectivity index (χ0v) is 21.5. The van der Waals surface area contributed by atoms with Crippen molar-refractivity contribution < 1.29 is 23.8 Å². The molecule has 1 fully saturated rings. The quantitative estimate of drug-likeness (QED) is 0.237. The number of nitrogens with zero attached hydrogens (tertiary/aromatic N) is 4. The maximum absolute atomic E-state index is 14.2. The van der Waals surface area contributed by atoms with Crippen molar-refractivity contribution in [2.24, 2.45) is 10.7 Å². The molecular weight excluding hydrogens is 504 g/mol. The normalized spacial score (nSPS) is 17.2. The van der Waals surface area contributed by atoms with E-state index in [0.717, 1.165) is 42.7 Å². The van der Waals surface area contributed by atoms with Crippen molar-refractivity contribution >= 4 is 28.1 Å². The lowest BCUT2D eigenvalue weighted by atomic mass is 10.1. The number of hydrogen-bond donors (Lipinski definition) is 5. The summed E-state index contributed by atoms with van der Waals surface area (Å²) in [6, 6.07) is 3.64. The van der Waals surface area contributed by atoms with Gasteiger partial charge in [0.25, 0.3) is 5.91 Å². The second kappa shape index (κ2) is 13.4. The molecule has 1 aromatic carbocycles. The molecule has 1 aliphatic rings. The Morgan fingerprint density at radius 1 is 1.27 bits per heavy atom. The number of amidine groups is 1. The zero-order chi connectivity index (χ0) is 26.9. The number of aliphatic imine (C=N–C) groups is 1. The van der Waals surface area contributed by atoms with E-state index in [-0.39, 0.29) is 46.2 Å². The maximum atomic E-state index is 14.2. The third-order valence-corrected chi connectivity index (χ3v) is 7.10. The molecule has 2 heterocycles. The molecule has 1 aliphatic heterocycles. The predicted molar refractivity (Wildman–Crippen MR) is 140 cm³/mol. The highest BCUT2D eigenvalue weighted by atomic mass is 32.1. The summed E-state index contributed by atoms with van der Waals surface area (Å²) in [6.07, 6.45) is 3.71. The molecule has 13 heteroatoms. The molecule has 0 bridgehead atoms. The van der Waals surface area contributed by atoms with Crippen LogP contribution in [0.1, 0.15) is 29.8 Å². The van der Waals surface area contributed by atoms with Crippen LogP contribution in [0.25, 0.3) is 10.6 Å². The van der Waals surface area contributed by atoms with Crippen molar-refractivity contribution in [2.45, 2.75) is 25.3 Å². The van der Waals surface area contributed by atoms with Crippen LogP contribution in [0.3, 0.4) is 0 Å². The Balaban J connectivity index is 1.74. The second-order valence-electron chi connectivity index (χ2n) is 8.47. The number of aliphatic hydroxyl groups is 2. The van der Waals surface area contributed by atoms with Crippen LogP contribution in [0.4, 0.5) is 13.8 Å². The lowest BCUT2D eigenvalue weighted by Gasteiger charge is -2.30. The van der Waals surface area contributed by atoms with Gasteiger partial charge in [-0.15, -0.1) is 0 Å². The van der Waals surface area contributed by atoms with E-state index in [1.54, 1.807) is 7.05 Å². The van der Waals surface area contributed by atoms with Crippen LogP contribution in [-0.4, -0.2) is 89.2 Å². The molecule has 1 aromatic heterocycles. The number of hydrogen-bond acceptors (Lipinski definition) is 9. The van der Waals surface area contributed by atoms with E-state index >= 15 is 0 Å². The molecule has 0 unspecified atom stereocenters. The van der Waals surface area contributed by atoms with Crippen LogP contribution in [-0.2, 0) is 0 Å². The van der Waals surface area contributed by atoms with Crippen LogP contribution in [0, 0.1) is 11.6 Å². The molecule has 7 N–H and O–H groups in total. The average molecular weight is 538 g/mol. The van der Waals surface area contributed by atoms with Crippen molar-refractivity contribution in [2.75, 3.05) is 52.2 Å². The van der Waals surface area contributed by atoms with Gasteiger partial charge in [-0.3, -0.25) is 14.7 Å². The largest absolute Gasteiger partial charge is 0.403 e. The smallest absolute Gasteiger partial charge is 0.277 e. The Morgan fingerprint density at radius 3 is 2.54 bits per heavy atom. The molecule has 37 heavy (non-hydrogen) atoms. The summed E-state index contributed by atoms with van der Waals surface area (Å²) in [5, 5.41) is 21.4. The second-order valence-corrected chi connectivity index (χ2v) is 9.50. The molecule has 0 spiro atoms. The number of anilines is 1. The number of aliphatic hydroxyl groups excluding tert-OH is 2. The number of aromatic nitrogens is 1. The molecule has 3 rings (SSSR count). The Hall–Kier alpha value is -3.13. The number of nitrogens with one attached hydrogen (secondary N) is 1. The fourth-order valence-electron chi connectivity index (χ4n) is 4.48. The van der Waals surface area contributed by atoms with E-state index in [1.807, 2.05) is 4.90 Å². The summed E-state index contributed by atoms with van der Waals surface area (Å²) in [5.41, 5.74) is 11.6. The number of benzene rings is 1. The lowest BCUT2D eigenvalue weighted by molar-refractivity contribution is 0.0964. The van der Waals surface area contributed by atoms with Gasteiger partial charge < -0.3 is 31.9 Å². The summed E-state index contributed by atoms with van der Waals surface area (Å²) in [6.45, 7) is 2.28. The van der Waals surface area contributed by atoms with Gasteiger partial charge in [-0.1, -0.05) is 17.4 Å². The number of halogens is 2. The van der Waals surface area contributed by atoms with Gasteiger partial charge in [0.05, 0.1) is 24.5 Å². The molecule has 1 saturated heterocycles. The van der Waals surface area contributed by atoms with Gasteiger partial charge in [0.2, 0.25) is 0 Å². The number of amides is 1. The van der Waals surface area contributed by atoms with Crippen LogP contribution in [0.5, 0.6) is 0 Å². The highest BCUT2D eigenvalue weighted by molar-refractivity contribution is 7.19. The van der Waals surface area contributed by atoms with E-state index in [1.165, 1.54) is 12.3 Å². The Kier molecular flexibility index (Phi) is 10.3. The van der Waals surface area contributed by atoms with E-state index in [4.69, 9.17) is 11.5 Å². The van der Waals surface area contributed by atoms with E-state index < -0.39 is 17.5 Å². The topological polar surface area (TPSA) is 153 Å². The first-order valence-electron chi connectivity index (χ1n) is 12.0. The summed E-state index contributed by atoms with van der Waals surface area (Å²) >= 11 is 0.809. The van der Waals surface area contributed by atoms with Gasteiger partial charge in [-0.25, -0.2) is 13.8 Å². The van der Waals surface area contributed by atoms with Crippen molar-refractivity contribution in [3.05, 3.63) is 47.4 Å². The van der Waals surface area contributed by atoms with E-state index in [9.17, 15) is 23.8 Å². The van der Waals surface area contributed by atoms with E-state index in [0.29, 0.717) is 32.0 Å². The monoisotopic (exact) mass is 537 g/mol. The lowest BCUT2D eigenvalue weighted by Crippen LogP contribution is -2.42. The highest BCUT2D eigenvalue weighted by Crippen LogP contribution is 2.33. The highest BCUT2D eigenvalue weighted by Gasteiger charge is 2.27. The number of carbonyl (C=O) groups excluding carboxylic acids is 1. The number of rotatable bonds is 9. The molecule has 2 aromatic rings. The average Bonchev–Trinajstić information content (AvgIpc) is 3.09. The minimum Gasteiger partial charge on any atom is -0.403 e. The standard InChI is InChI=1S/C24H33F2N7O3S/c1-29-22(33-8-3-4-15(7-9-33)32(10-12-34)11-13-35)18(14-27)30-23(36)20-21(28)37-24(31-20)19-16(25)5-2-6-17(19)26/h2,5-6,14-15,34-35H,3-4,7-13,27-28H2,1H3,(H,30,36)/b18-14+,29-22?/t15-/m0/s1. The van der Waals surface area contributed by atoms with E-state index in [2.05, 4.69) is 20.2 Å². The van der Waals surface area contributed by atoms with Crippen LogP contribution < -0.4 is 16.8 Å². The Morgan fingerprint density at radius 2 is 1.95 bits per heavy atom. The number of nitrogen functional groups attached to an aromatic ring is 1. The van der Waals surface area contributed by atoms with Crippen LogP contribution in [0.15, 0.2) is 35.1 Å². The molecule has 10 nitrogen and oxygen atoms in total. The van der Waals surface area contributed by atoms with Crippen molar-refractivity contribution in [1.82, 2.24) is 20.1 Å². The number of thiazole rings is 1. The van der Waals surface area contributed by atoms with Crippen molar-refractivity contribution in [1.29, 1.82) is 0 Å². The first kappa shape index (κ1) is 28.4. The molecule has 0 radical (unpaired) electrons. The van der Waals surface area contributed by atoms with Crippen LogP contribution >= 0.6 is 11.3 Å². The molecule has 1 atom stereocenters. The maximum Gasteiger partial charge on any atom is 0.277 e. The fourth-order valence-corrected chi connectivity index (χ4v) is 5.36. The third-order valence-electron chi connectivity index (χ3n) is 6.20. The summed E-state index contributed by atoms with van der Waals surface area (Å²) < 4.78 is 28.4. The van der Waals surface area contributed by atoms with Gasteiger partial charge in [0.15, 0.2) is 5.69 Å². The SMILES string of the molecule is CN=C(/C(=C\N)NC(=O)c1nc(-c2c(F)cccc2F)sc1N)N1CCC[C@H](N(CCO)CCO)CC1. The zero-order valence-electron chi connectivity index (χ0n) is 20.7. The van der Waals surface area contributed by atoms with Gasteiger partial charge in [-0.05, 0) is 31.4 Å². The minimum absolute atomic E-state index is 0.00647. The van der Waals surface area contributed by atoms with Crippen molar-refractivity contribution in [3.8, 4) is 10.6 Å². The van der Waals surface area contributed by atoms with Gasteiger partial charge in [0, 0.05) is 45.5 Å². The first-order chi connectivity index (χ1) is 17.8. The summed E-state index contributed by atoms with van der Waals surface area (Å²) in [5.74, 6) is -1.82. The Labute approximate surface area is 218 Å². The molecule has 0 aliphatic carbocycles. The number of nitrogens with two attached hydrogens (primary N) is 2. The summed E-state index contributed by atoms with van der Waals surface area (Å²) in [7, 11) is 1.59. The number of likely N-dealkylation sites (tertiary alicyclic amines) is 1. The molecular formula is C24H33F2N7O3S. The van der Waals surface area contributed by atoms with Gasteiger partial charge in [0.1, 0.15) is 27.5 Å². The molecule has 0 saturated carbocycles. The fraction of sp³-hybridized carbons (Fsp3) is 0.458. The molecule has 202 valence electrons. The third kappa shape index (κ3) is 6.80. The molecule has 1 amide bonds. The summed E-state index contributed by atoms with van der Waals surface area (Å²) in [4.78, 5) is 25.6. The first-order valence-corrected chi connectivity index (χ1v) is 12.8.